The lowest BCUT2D eigenvalue weighted by Crippen LogP contribution is -2.25. The van der Waals surface area contributed by atoms with E-state index in [1.807, 2.05) is 19.1 Å². The Morgan fingerprint density at radius 1 is 1.60 bits per heavy atom. The number of carbonyl (C=O) groups is 1. The highest BCUT2D eigenvalue weighted by Crippen LogP contribution is 2.29. The van der Waals surface area contributed by atoms with Gasteiger partial charge < -0.3 is 9.84 Å². The van der Waals surface area contributed by atoms with Crippen molar-refractivity contribution in [1.29, 1.82) is 0 Å². The first-order valence-corrected chi connectivity index (χ1v) is 5.13. The maximum Gasteiger partial charge on any atom is 0.307 e. The Morgan fingerprint density at radius 2 is 2.40 bits per heavy atom. The Kier molecular flexibility index (Phi) is 2.62. The van der Waals surface area contributed by atoms with Gasteiger partial charge in [0.05, 0.1) is 6.42 Å². The summed E-state index contributed by atoms with van der Waals surface area (Å²) in [7, 11) is 0. The number of carboxylic acids is 1. The number of rotatable bonds is 2. The summed E-state index contributed by atoms with van der Waals surface area (Å²) < 4.78 is 5.62. The second kappa shape index (κ2) is 3.93. The van der Waals surface area contributed by atoms with Crippen LogP contribution >= 0.6 is 0 Å². The average Bonchev–Trinajstić information content (AvgIpc) is 2.17. The SMILES string of the molecule is Cc1ccc2c(c1)CC[C@@H](CC(=O)O)O2. The van der Waals surface area contributed by atoms with Crippen molar-refractivity contribution < 1.29 is 14.6 Å². The maximum absolute atomic E-state index is 10.6. The third kappa shape index (κ3) is 2.29. The number of aliphatic carboxylic acids is 1. The lowest BCUT2D eigenvalue weighted by Gasteiger charge is -2.25. The minimum Gasteiger partial charge on any atom is -0.490 e. The van der Waals surface area contributed by atoms with Crippen LogP contribution in [0.25, 0.3) is 0 Å². The van der Waals surface area contributed by atoms with E-state index in [0.29, 0.717) is 0 Å². The second-order valence-corrected chi connectivity index (χ2v) is 3.99. The largest absolute Gasteiger partial charge is 0.490 e. The minimum atomic E-state index is -0.796. The van der Waals surface area contributed by atoms with Crippen molar-refractivity contribution in [2.24, 2.45) is 0 Å². The minimum absolute atomic E-state index is 0.0906. The van der Waals surface area contributed by atoms with Gasteiger partial charge in [-0.15, -0.1) is 0 Å². The average molecular weight is 206 g/mol. The Balaban J connectivity index is 2.13. The summed E-state index contributed by atoms with van der Waals surface area (Å²) >= 11 is 0. The zero-order valence-electron chi connectivity index (χ0n) is 8.69. The van der Waals surface area contributed by atoms with Crippen LogP contribution in [0.15, 0.2) is 18.2 Å². The molecule has 1 atom stereocenters. The van der Waals surface area contributed by atoms with Crippen LogP contribution in [-0.4, -0.2) is 17.2 Å². The van der Waals surface area contributed by atoms with Crippen molar-refractivity contribution in [1.82, 2.24) is 0 Å². The van der Waals surface area contributed by atoms with E-state index in [9.17, 15) is 4.79 Å². The molecule has 0 saturated heterocycles. The highest BCUT2D eigenvalue weighted by atomic mass is 16.5. The summed E-state index contributed by atoms with van der Waals surface area (Å²) in [6, 6.07) is 6.02. The zero-order valence-corrected chi connectivity index (χ0v) is 8.69. The Hall–Kier alpha value is -1.51. The molecule has 3 heteroatoms. The molecule has 1 aromatic rings. The summed E-state index contributed by atoms with van der Waals surface area (Å²) in [6.45, 7) is 2.05. The number of hydrogen-bond acceptors (Lipinski definition) is 2. The van der Waals surface area contributed by atoms with Gasteiger partial charge in [-0.2, -0.15) is 0 Å². The molecule has 1 aliphatic heterocycles. The van der Waals surface area contributed by atoms with E-state index in [2.05, 4.69) is 6.07 Å². The van der Waals surface area contributed by atoms with E-state index in [-0.39, 0.29) is 12.5 Å². The van der Waals surface area contributed by atoms with Gasteiger partial charge in [0.1, 0.15) is 11.9 Å². The van der Waals surface area contributed by atoms with Crippen molar-refractivity contribution in [3.05, 3.63) is 29.3 Å². The third-order valence-corrected chi connectivity index (χ3v) is 2.65. The summed E-state index contributed by atoms with van der Waals surface area (Å²) in [5, 5.41) is 8.68. The molecule has 0 saturated carbocycles. The van der Waals surface area contributed by atoms with Gasteiger partial charge in [0.2, 0.25) is 0 Å². The smallest absolute Gasteiger partial charge is 0.307 e. The van der Waals surface area contributed by atoms with Gasteiger partial charge in [0.15, 0.2) is 0 Å². The maximum atomic E-state index is 10.6. The van der Waals surface area contributed by atoms with E-state index >= 15 is 0 Å². The molecule has 3 nitrogen and oxygen atoms in total. The van der Waals surface area contributed by atoms with Crippen LogP contribution < -0.4 is 4.74 Å². The Morgan fingerprint density at radius 3 is 3.13 bits per heavy atom. The third-order valence-electron chi connectivity index (χ3n) is 2.65. The van der Waals surface area contributed by atoms with Gasteiger partial charge in [-0.25, -0.2) is 0 Å². The zero-order chi connectivity index (χ0) is 10.8. The lowest BCUT2D eigenvalue weighted by atomic mass is 9.99. The van der Waals surface area contributed by atoms with Gasteiger partial charge in [0.25, 0.3) is 0 Å². The van der Waals surface area contributed by atoms with Crippen molar-refractivity contribution in [2.75, 3.05) is 0 Å². The lowest BCUT2D eigenvalue weighted by molar-refractivity contribution is -0.139. The molecule has 0 amide bonds. The van der Waals surface area contributed by atoms with Crippen molar-refractivity contribution >= 4 is 5.97 Å². The molecule has 0 unspecified atom stereocenters. The number of aryl methyl sites for hydroxylation is 2. The molecule has 0 fully saturated rings. The van der Waals surface area contributed by atoms with Gasteiger partial charge in [0, 0.05) is 0 Å². The van der Waals surface area contributed by atoms with Gasteiger partial charge in [-0.1, -0.05) is 17.7 Å². The standard InChI is InChI=1S/C12H14O3/c1-8-2-5-11-9(6-8)3-4-10(15-11)7-12(13)14/h2,5-6,10H,3-4,7H2,1H3,(H,13,14)/t10-/m0/s1. The number of ether oxygens (including phenoxy) is 1. The Labute approximate surface area is 88.7 Å². The molecule has 15 heavy (non-hydrogen) atoms. The Bertz CT molecular complexity index is 384. The van der Waals surface area contributed by atoms with Crippen LogP contribution in [0.2, 0.25) is 0 Å². The van der Waals surface area contributed by atoms with Crippen LogP contribution in [0.5, 0.6) is 5.75 Å². The molecule has 0 radical (unpaired) electrons. The summed E-state index contributed by atoms with van der Waals surface area (Å²) in [6.07, 6.45) is 1.63. The highest BCUT2D eigenvalue weighted by Gasteiger charge is 2.21. The van der Waals surface area contributed by atoms with E-state index in [1.165, 1.54) is 11.1 Å². The van der Waals surface area contributed by atoms with Crippen molar-refractivity contribution in [3.8, 4) is 5.75 Å². The second-order valence-electron chi connectivity index (χ2n) is 3.99. The predicted octanol–water partition coefficient (Wildman–Crippen LogP) is 2.16. The van der Waals surface area contributed by atoms with Gasteiger partial charge in [-0.3, -0.25) is 4.79 Å². The summed E-state index contributed by atoms with van der Waals surface area (Å²) in [4.78, 5) is 10.6. The van der Waals surface area contributed by atoms with Crippen molar-refractivity contribution in [2.45, 2.75) is 32.3 Å². The van der Waals surface area contributed by atoms with Gasteiger partial charge >= 0.3 is 5.97 Å². The normalized spacial score (nSPS) is 19.1. The number of hydrogen-bond donors (Lipinski definition) is 1. The fourth-order valence-electron chi connectivity index (χ4n) is 1.91. The molecule has 0 aliphatic carbocycles. The first-order valence-electron chi connectivity index (χ1n) is 5.13. The first kappa shape index (κ1) is 10.0. The highest BCUT2D eigenvalue weighted by molar-refractivity contribution is 5.67. The molecular weight excluding hydrogens is 192 g/mol. The quantitative estimate of drug-likeness (QED) is 0.806. The fraction of sp³-hybridized carbons (Fsp3) is 0.417. The number of fused-ring (bicyclic) bond motifs is 1. The fourth-order valence-corrected chi connectivity index (χ4v) is 1.91. The molecular formula is C12H14O3. The van der Waals surface area contributed by atoms with Crippen LogP contribution in [0.3, 0.4) is 0 Å². The summed E-state index contributed by atoms with van der Waals surface area (Å²) in [5.41, 5.74) is 2.41. The molecule has 2 rings (SSSR count). The van der Waals surface area contributed by atoms with Gasteiger partial charge in [-0.05, 0) is 31.4 Å². The monoisotopic (exact) mass is 206 g/mol. The molecule has 1 aromatic carbocycles. The predicted molar refractivity (Wildman–Crippen MR) is 56.2 cm³/mol. The first-order chi connectivity index (χ1) is 7.15. The number of benzene rings is 1. The van der Waals surface area contributed by atoms with E-state index in [1.54, 1.807) is 0 Å². The molecule has 0 bridgehead atoms. The molecule has 80 valence electrons. The van der Waals surface area contributed by atoms with Crippen molar-refractivity contribution in [3.63, 3.8) is 0 Å². The molecule has 1 aliphatic rings. The van der Waals surface area contributed by atoms with Crippen LogP contribution in [0, 0.1) is 6.92 Å². The van der Waals surface area contributed by atoms with E-state index in [4.69, 9.17) is 9.84 Å². The molecule has 1 heterocycles. The van der Waals surface area contributed by atoms with Crippen LogP contribution in [0.4, 0.5) is 0 Å². The number of carboxylic acid groups (broad SMARTS) is 1. The summed E-state index contributed by atoms with van der Waals surface area (Å²) in [5.74, 6) is 0.0497. The van der Waals surface area contributed by atoms with E-state index in [0.717, 1.165) is 18.6 Å². The van der Waals surface area contributed by atoms with Crippen LogP contribution in [-0.2, 0) is 11.2 Å². The van der Waals surface area contributed by atoms with Crippen LogP contribution in [0.1, 0.15) is 24.0 Å². The topological polar surface area (TPSA) is 46.5 Å². The molecule has 1 N–H and O–H groups in total. The molecule has 0 aromatic heterocycles. The molecule has 0 spiro atoms. The van der Waals surface area contributed by atoms with E-state index < -0.39 is 5.97 Å².